The molecule has 2 aliphatic rings. The van der Waals surface area contributed by atoms with E-state index in [1.807, 2.05) is 0 Å². The number of benzene rings is 1. The highest BCUT2D eigenvalue weighted by atomic mass is 19.4. The molecule has 1 saturated carbocycles. The van der Waals surface area contributed by atoms with Gasteiger partial charge in [0, 0.05) is 12.0 Å². The number of ether oxygens (including phenoxy) is 1. The van der Waals surface area contributed by atoms with Crippen LogP contribution in [0.4, 0.5) is 26.3 Å². The Balaban J connectivity index is 1.74. The van der Waals surface area contributed by atoms with E-state index in [1.54, 1.807) is 0 Å². The van der Waals surface area contributed by atoms with E-state index in [4.69, 9.17) is 4.74 Å². The van der Waals surface area contributed by atoms with E-state index in [-0.39, 0.29) is 23.7 Å². The number of alkyl halides is 5. The molecule has 1 aliphatic carbocycles. The molecule has 13 heteroatoms. The molecule has 1 aromatic rings. The lowest BCUT2D eigenvalue weighted by atomic mass is 9.96. The molecule has 2 amide bonds. The molecule has 7 nitrogen and oxygen atoms in total. The molecular formula is C20H20F6N2O5. The summed E-state index contributed by atoms with van der Waals surface area (Å²) in [5.74, 6) is -9.80. The fourth-order valence-electron chi connectivity index (χ4n) is 3.30. The lowest BCUT2D eigenvalue weighted by molar-refractivity contribution is -0.278. The molecule has 3 rings (SSSR count). The molecule has 1 unspecified atom stereocenters. The van der Waals surface area contributed by atoms with E-state index in [1.165, 1.54) is 11.4 Å². The smallest absolute Gasteiger partial charge is 0.455 e. The van der Waals surface area contributed by atoms with Crippen molar-refractivity contribution in [3.63, 3.8) is 0 Å². The van der Waals surface area contributed by atoms with Crippen molar-refractivity contribution >= 4 is 17.6 Å². The van der Waals surface area contributed by atoms with Gasteiger partial charge in [-0.1, -0.05) is 0 Å². The molecule has 0 aromatic heterocycles. The van der Waals surface area contributed by atoms with Crippen LogP contribution in [0, 0.1) is 11.7 Å². The third-order valence-electron chi connectivity index (χ3n) is 5.47. The van der Waals surface area contributed by atoms with Crippen molar-refractivity contribution in [2.75, 3.05) is 6.54 Å². The zero-order valence-corrected chi connectivity index (χ0v) is 17.1. The highest BCUT2D eigenvalue weighted by Crippen LogP contribution is 2.39. The van der Waals surface area contributed by atoms with Gasteiger partial charge in [-0.3, -0.25) is 14.4 Å². The Labute approximate surface area is 183 Å². The van der Waals surface area contributed by atoms with Gasteiger partial charge in [0.05, 0.1) is 6.54 Å². The number of carbonyl (C=O) groups excluding carboxylic acids is 3. The quantitative estimate of drug-likeness (QED) is 0.423. The predicted octanol–water partition coefficient (Wildman–Crippen LogP) is 1.66. The number of hydrogen-bond donors (Lipinski definition) is 3. The summed E-state index contributed by atoms with van der Waals surface area (Å²) in [7, 11) is 0. The summed E-state index contributed by atoms with van der Waals surface area (Å²) in [4.78, 5) is 37.4. The van der Waals surface area contributed by atoms with E-state index in [0.29, 0.717) is 19.8 Å². The second kappa shape index (κ2) is 8.50. The van der Waals surface area contributed by atoms with Gasteiger partial charge in [-0.05, 0) is 43.9 Å². The van der Waals surface area contributed by atoms with E-state index >= 15 is 0 Å². The van der Waals surface area contributed by atoms with Gasteiger partial charge in [-0.25, -0.2) is 4.39 Å². The van der Waals surface area contributed by atoms with Gasteiger partial charge in [0.1, 0.15) is 23.7 Å². The van der Waals surface area contributed by atoms with E-state index in [0.717, 1.165) is 12.1 Å². The van der Waals surface area contributed by atoms with Crippen molar-refractivity contribution in [1.82, 2.24) is 10.6 Å². The molecule has 33 heavy (non-hydrogen) atoms. The monoisotopic (exact) mass is 482 g/mol. The average Bonchev–Trinajstić information content (AvgIpc) is 3.54. The summed E-state index contributed by atoms with van der Waals surface area (Å²) >= 11 is 0. The van der Waals surface area contributed by atoms with Gasteiger partial charge >= 0.3 is 12.1 Å². The van der Waals surface area contributed by atoms with Crippen LogP contribution in [0.2, 0.25) is 0 Å². The van der Waals surface area contributed by atoms with Gasteiger partial charge in [-0.15, -0.1) is 0 Å². The number of Topliss-reactive ketones (excluding diaryl/α,β-unsaturated/α-hetero) is 1. The Morgan fingerprint density at radius 3 is 2.36 bits per heavy atom. The van der Waals surface area contributed by atoms with Crippen LogP contribution < -0.4 is 15.4 Å². The lowest BCUT2D eigenvalue weighted by Crippen LogP contribution is -2.62. The molecule has 0 radical (unpaired) electrons. The Bertz CT molecular complexity index is 961. The number of hydrogen-bond acceptors (Lipinski definition) is 5. The third-order valence-corrected chi connectivity index (χ3v) is 5.47. The second-order valence-corrected chi connectivity index (χ2v) is 8.22. The third kappa shape index (κ3) is 5.23. The molecule has 0 spiro atoms. The van der Waals surface area contributed by atoms with Crippen LogP contribution in [0.5, 0.6) is 5.75 Å². The van der Waals surface area contributed by atoms with E-state index in [9.17, 15) is 45.8 Å². The van der Waals surface area contributed by atoms with E-state index in [2.05, 4.69) is 5.32 Å². The average molecular weight is 482 g/mol. The first-order valence-corrected chi connectivity index (χ1v) is 9.87. The largest absolute Gasteiger partial charge is 0.487 e. The summed E-state index contributed by atoms with van der Waals surface area (Å²) in [6, 6.07) is 2.16. The summed E-state index contributed by atoms with van der Waals surface area (Å²) in [5.41, 5.74) is -2.86. The van der Waals surface area contributed by atoms with Crippen molar-refractivity contribution in [2.24, 2.45) is 5.92 Å². The molecule has 3 atom stereocenters. The van der Waals surface area contributed by atoms with Crippen LogP contribution >= 0.6 is 0 Å². The summed E-state index contributed by atoms with van der Waals surface area (Å²) in [5, 5.41) is 13.6. The first-order valence-electron chi connectivity index (χ1n) is 9.87. The van der Waals surface area contributed by atoms with Crippen LogP contribution in [-0.2, 0) is 20.8 Å². The minimum absolute atomic E-state index is 0.167. The van der Waals surface area contributed by atoms with Crippen molar-refractivity contribution in [1.29, 1.82) is 0 Å². The van der Waals surface area contributed by atoms with Crippen molar-refractivity contribution in [3.8, 4) is 5.75 Å². The lowest BCUT2D eigenvalue weighted by Gasteiger charge is -2.29. The molecule has 1 aromatic carbocycles. The molecule has 0 bridgehead atoms. The summed E-state index contributed by atoms with van der Waals surface area (Å²) in [6.45, 7) is -1.61. The first-order chi connectivity index (χ1) is 15.1. The molecule has 1 heterocycles. The van der Waals surface area contributed by atoms with Crippen LogP contribution in [-0.4, -0.2) is 59.1 Å². The number of aliphatic hydroxyl groups is 1. The standard InChI is InChI=1S/C20H20F6N2O5/c1-18(32,16(30)27-8-19(22,23)20(24,25)26)17(31)28-14-12(29)7-10-6-11(21)4-5-13(10)33-15(14)9-2-3-9/h4-6,9,14-15,32H,2-3,7-8H2,1H3,(H,27,30)(H,28,31)/t14-,15-,18?/m1/s1. The van der Waals surface area contributed by atoms with Gasteiger partial charge in [0.25, 0.3) is 11.8 Å². The molecule has 3 N–H and O–H groups in total. The maximum absolute atomic E-state index is 13.6. The Kier molecular flexibility index (Phi) is 6.39. The molecule has 182 valence electrons. The Hall–Kier alpha value is -2.83. The Morgan fingerprint density at radius 2 is 1.79 bits per heavy atom. The van der Waals surface area contributed by atoms with Crippen molar-refractivity contribution in [2.45, 2.75) is 56.0 Å². The molecular weight excluding hydrogens is 462 g/mol. The fraction of sp³-hybridized carbons (Fsp3) is 0.550. The number of halogens is 6. The molecule has 0 saturated heterocycles. The summed E-state index contributed by atoms with van der Waals surface area (Å²) in [6.07, 6.45) is -5.92. The minimum Gasteiger partial charge on any atom is -0.487 e. The van der Waals surface area contributed by atoms with Crippen LogP contribution in [0.15, 0.2) is 18.2 Å². The molecule has 1 aliphatic heterocycles. The number of carbonyl (C=O) groups is 3. The molecule has 1 fully saturated rings. The van der Waals surface area contributed by atoms with Gasteiger partial charge in [0.2, 0.25) is 5.60 Å². The second-order valence-electron chi connectivity index (χ2n) is 8.22. The van der Waals surface area contributed by atoms with E-state index < -0.39 is 59.8 Å². The maximum Gasteiger partial charge on any atom is 0.455 e. The zero-order valence-electron chi connectivity index (χ0n) is 17.1. The number of rotatable bonds is 6. The summed E-state index contributed by atoms with van der Waals surface area (Å²) < 4.78 is 82.3. The first kappa shape index (κ1) is 24.8. The van der Waals surface area contributed by atoms with Crippen LogP contribution in [0.3, 0.4) is 0 Å². The van der Waals surface area contributed by atoms with Gasteiger partial charge in [-0.2, -0.15) is 22.0 Å². The van der Waals surface area contributed by atoms with Gasteiger partial charge < -0.3 is 20.5 Å². The SMILES string of the molecule is CC(O)(C(=O)NCC(F)(F)C(F)(F)F)C(=O)N[C@@H]1C(=O)Cc2cc(F)ccc2O[C@@H]1C1CC1. The number of fused-ring (bicyclic) bond motifs is 1. The fourth-order valence-corrected chi connectivity index (χ4v) is 3.30. The van der Waals surface area contributed by atoms with Gasteiger partial charge in [0.15, 0.2) is 5.78 Å². The van der Waals surface area contributed by atoms with Crippen molar-refractivity contribution in [3.05, 3.63) is 29.6 Å². The zero-order chi connectivity index (χ0) is 24.8. The minimum atomic E-state index is -5.95. The van der Waals surface area contributed by atoms with Crippen LogP contribution in [0.25, 0.3) is 0 Å². The highest BCUT2D eigenvalue weighted by Gasteiger charge is 2.58. The number of amides is 2. The number of ketones is 1. The van der Waals surface area contributed by atoms with Crippen LogP contribution in [0.1, 0.15) is 25.3 Å². The highest BCUT2D eigenvalue weighted by molar-refractivity contribution is 6.09. The number of nitrogens with one attached hydrogen (secondary N) is 2. The maximum atomic E-state index is 13.6. The normalized spacial score (nSPS) is 23.0. The Morgan fingerprint density at radius 1 is 1.15 bits per heavy atom. The van der Waals surface area contributed by atoms with Crippen molar-refractivity contribution < 1.29 is 50.6 Å². The predicted molar refractivity (Wildman–Crippen MR) is 98.8 cm³/mol. The topological polar surface area (TPSA) is 105 Å².